The third kappa shape index (κ3) is 2.44. The summed E-state index contributed by atoms with van der Waals surface area (Å²) in [4.78, 5) is 0. The standard InChI is InChI=1S/C15H16O7/c16-9-5-11(12(18)8-4-2-1-3-7(8)9)22-15-14(20)13(19)10(17)6-21-15/h1-5,10,13-20H,6H2/t10-,13+,14-,15?/m1/s1. The predicted molar refractivity (Wildman–Crippen MR) is 75.7 cm³/mol. The monoisotopic (exact) mass is 308 g/mol. The first-order valence-corrected chi connectivity index (χ1v) is 6.75. The van der Waals surface area contributed by atoms with Gasteiger partial charge in [-0.15, -0.1) is 0 Å². The van der Waals surface area contributed by atoms with Gasteiger partial charge < -0.3 is 35.0 Å². The number of phenolic OH excluding ortho intramolecular Hbond substituents is 2. The zero-order chi connectivity index (χ0) is 15.9. The maximum atomic E-state index is 10.2. The van der Waals surface area contributed by atoms with Gasteiger partial charge in [0.2, 0.25) is 6.29 Å². The molecule has 0 spiro atoms. The molecule has 1 aliphatic rings. The number of aliphatic hydroxyl groups is 3. The van der Waals surface area contributed by atoms with Crippen molar-refractivity contribution in [3.8, 4) is 17.2 Å². The minimum atomic E-state index is -1.49. The van der Waals surface area contributed by atoms with Gasteiger partial charge in [0.25, 0.3) is 0 Å². The number of ether oxygens (including phenoxy) is 2. The molecule has 0 amide bonds. The molecule has 2 aromatic carbocycles. The van der Waals surface area contributed by atoms with Crippen molar-refractivity contribution < 1.29 is 35.0 Å². The van der Waals surface area contributed by atoms with E-state index in [4.69, 9.17) is 9.47 Å². The molecule has 1 unspecified atom stereocenters. The first-order chi connectivity index (χ1) is 10.5. The average molecular weight is 308 g/mol. The molecule has 5 N–H and O–H groups in total. The lowest BCUT2D eigenvalue weighted by Gasteiger charge is -2.35. The van der Waals surface area contributed by atoms with Crippen LogP contribution < -0.4 is 4.74 Å². The molecule has 1 saturated heterocycles. The molecular formula is C15H16O7. The smallest absolute Gasteiger partial charge is 0.229 e. The number of aliphatic hydroxyl groups excluding tert-OH is 3. The summed E-state index contributed by atoms with van der Waals surface area (Å²) in [5.41, 5.74) is 0. The summed E-state index contributed by atoms with van der Waals surface area (Å²) in [5, 5.41) is 49.9. The molecule has 0 aliphatic carbocycles. The maximum Gasteiger partial charge on any atom is 0.229 e. The van der Waals surface area contributed by atoms with Crippen molar-refractivity contribution in [1.82, 2.24) is 0 Å². The highest BCUT2D eigenvalue weighted by Crippen LogP contribution is 2.41. The fourth-order valence-electron chi connectivity index (χ4n) is 2.41. The highest BCUT2D eigenvalue weighted by Gasteiger charge is 2.39. The summed E-state index contributed by atoms with van der Waals surface area (Å²) < 4.78 is 10.5. The van der Waals surface area contributed by atoms with E-state index in [-0.39, 0.29) is 23.9 Å². The molecular weight excluding hydrogens is 292 g/mol. The highest BCUT2D eigenvalue weighted by atomic mass is 16.7. The minimum absolute atomic E-state index is 0.0937. The maximum absolute atomic E-state index is 10.2. The molecule has 2 aromatic rings. The Labute approximate surface area is 125 Å². The quantitative estimate of drug-likeness (QED) is 0.498. The molecule has 118 valence electrons. The SMILES string of the molecule is Oc1cc(OC2OC[C@@H](O)[C@H](O)[C@H]2O)c(O)c2ccccc12. The number of phenols is 2. The van der Waals surface area contributed by atoms with Crippen molar-refractivity contribution in [3.63, 3.8) is 0 Å². The molecule has 0 radical (unpaired) electrons. The zero-order valence-electron chi connectivity index (χ0n) is 11.5. The van der Waals surface area contributed by atoms with Crippen LogP contribution in [0.2, 0.25) is 0 Å². The van der Waals surface area contributed by atoms with Crippen LogP contribution in [0.3, 0.4) is 0 Å². The number of hydrogen-bond donors (Lipinski definition) is 5. The predicted octanol–water partition coefficient (Wildman–Crippen LogP) is 0.0688. The van der Waals surface area contributed by atoms with Crippen molar-refractivity contribution in [3.05, 3.63) is 30.3 Å². The molecule has 1 heterocycles. The van der Waals surface area contributed by atoms with Gasteiger partial charge >= 0.3 is 0 Å². The van der Waals surface area contributed by atoms with Crippen LogP contribution in [0.15, 0.2) is 30.3 Å². The number of fused-ring (bicyclic) bond motifs is 1. The normalized spacial score (nSPS) is 28.7. The second-order valence-electron chi connectivity index (χ2n) is 5.16. The lowest BCUT2D eigenvalue weighted by molar-refractivity contribution is -0.242. The molecule has 7 heteroatoms. The lowest BCUT2D eigenvalue weighted by atomic mass is 10.1. The van der Waals surface area contributed by atoms with E-state index >= 15 is 0 Å². The third-order valence-electron chi connectivity index (χ3n) is 3.66. The van der Waals surface area contributed by atoms with Crippen LogP contribution in [0.25, 0.3) is 10.8 Å². The van der Waals surface area contributed by atoms with E-state index in [0.29, 0.717) is 10.8 Å². The van der Waals surface area contributed by atoms with Gasteiger partial charge in [0.1, 0.15) is 24.1 Å². The van der Waals surface area contributed by atoms with E-state index in [2.05, 4.69) is 0 Å². The highest BCUT2D eigenvalue weighted by molar-refractivity contribution is 5.95. The molecule has 7 nitrogen and oxygen atoms in total. The van der Waals surface area contributed by atoms with Crippen LogP contribution in [0.5, 0.6) is 17.2 Å². The Kier molecular flexibility index (Phi) is 3.79. The van der Waals surface area contributed by atoms with E-state index in [9.17, 15) is 25.5 Å². The van der Waals surface area contributed by atoms with Crippen molar-refractivity contribution in [2.24, 2.45) is 0 Å². The van der Waals surface area contributed by atoms with Gasteiger partial charge in [0.05, 0.1) is 6.61 Å². The Morgan fingerprint density at radius 2 is 1.68 bits per heavy atom. The van der Waals surface area contributed by atoms with Crippen molar-refractivity contribution in [2.75, 3.05) is 6.61 Å². The molecule has 22 heavy (non-hydrogen) atoms. The second-order valence-corrected chi connectivity index (χ2v) is 5.16. The van der Waals surface area contributed by atoms with Gasteiger partial charge in [0, 0.05) is 16.8 Å². The largest absolute Gasteiger partial charge is 0.507 e. The van der Waals surface area contributed by atoms with Gasteiger partial charge in [-0.05, 0) is 0 Å². The summed E-state index contributed by atoms with van der Waals surface area (Å²) in [5.74, 6) is -0.414. The number of rotatable bonds is 2. The average Bonchev–Trinajstić information content (AvgIpc) is 2.53. The molecule has 0 aromatic heterocycles. The van der Waals surface area contributed by atoms with Gasteiger partial charge in [-0.3, -0.25) is 0 Å². The summed E-state index contributed by atoms with van der Waals surface area (Å²) in [7, 11) is 0. The topological polar surface area (TPSA) is 120 Å². The van der Waals surface area contributed by atoms with E-state index in [0.717, 1.165) is 0 Å². The summed E-state index contributed by atoms with van der Waals surface area (Å²) in [6.45, 7) is -0.219. The van der Waals surface area contributed by atoms with Crippen LogP contribution in [0, 0.1) is 0 Å². The first-order valence-electron chi connectivity index (χ1n) is 6.75. The lowest BCUT2D eigenvalue weighted by Crippen LogP contribution is -2.54. The molecule has 0 bridgehead atoms. The van der Waals surface area contributed by atoms with E-state index < -0.39 is 24.6 Å². The van der Waals surface area contributed by atoms with E-state index in [1.165, 1.54) is 6.07 Å². The Balaban J connectivity index is 1.93. The van der Waals surface area contributed by atoms with E-state index in [1.807, 2.05) is 0 Å². The van der Waals surface area contributed by atoms with Gasteiger partial charge in [-0.1, -0.05) is 24.3 Å². The summed E-state index contributed by atoms with van der Waals surface area (Å²) >= 11 is 0. The van der Waals surface area contributed by atoms with Crippen molar-refractivity contribution in [1.29, 1.82) is 0 Å². The van der Waals surface area contributed by atoms with Crippen LogP contribution in [-0.2, 0) is 4.74 Å². The fraction of sp³-hybridized carbons (Fsp3) is 0.333. The Hall–Kier alpha value is -2.06. The van der Waals surface area contributed by atoms with Crippen LogP contribution in [-0.4, -0.2) is 56.7 Å². The van der Waals surface area contributed by atoms with Crippen molar-refractivity contribution in [2.45, 2.75) is 24.6 Å². The Bertz CT molecular complexity index is 687. The van der Waals surface area contributed by atoms with Crippen LogP contribution in [0.4, 0.5) is 0 Å². The molecule has 3 rings (SSSR count). The number of aromatic hydroxyl groups is 2. The fourth-order valence-corrected chi connectivity index (χ4v) is 2.41. The molecule has 1 aliphatic heterocycles. The van der Waals surface area contributed by atoms with Crippen LogP contribution in [0.1, 0.15) is 0 Å². The Morgan fingerprint density at radius 1 is 1.00 bits per heavy atom. The van der Waals surface area contributed by atoms with E-state index in [1.54, 1.807) is 24.3 Å². The molecule has 0 saturated carbocycles. The first kappa shape index (κ1) is 14.9. The van der Waals surface area contributed by atoms with Gasteiger partial charge in [-0.2, -0.15) is 0 Å². The summed E-state index contributed by atoms with van der Waals surface area (Å²) in [6, 6.07) is 7.85. The van der Waals surface area contributed by atoms with Gasteiger partial charge in [0.15, 0.2) is 11.5 Å². The Morgan fingerprint density at radius 3 is 2.41 bits per heavy atom. The van der Waals surface area contributed by atoms with Crippen LogP contribution >= 0.6 is 0 Å². The minimum Gasteiger partial charge on any atom is -0.507 e. The van der Waals surface area contributed by atoms with Gasteiger partial charge in [-0.25, -0.2) is 0 Å². The number of hydrogen-bond acceptors (Lipinski definition) is 7. The third-order valence-corrected chi connectivity index (χ3v) is 3.66. The molecule has 1 fully saturated rings. The number of benzene rings is 2. The molecule has 4 atom stereocenters. The zero-order valence-corrected chi connectivity index (χ0v) is 11.5. The second kappa shape index (κ2) is 5.62. The summed E-state index contributed by atoms with van der Waals surface area (Å²) in [6.07, 6.45) is -5.40. The van der Waals surface area contributed by atoms with Crippen molar-refractivity contribution >= 4 is 10.8 Å².